The molecule has 106 valence electrons. The van der Waals surface area contributed by atoms with Crippen LogP contribution in [0.15, 0.2) is 29.6 Å². The second-order valence-electron chi connectivity index (χ2n) is 4.33. The molecular weight excluding hydrogens is 276 g/mol. The van der Waals surface area contributed by atoms with E-state index in [4.69, 9.17) is 9.84 Å². The molecule has 0 aliphatic heterocycles. The van der Waals surface area contributed by atoms with Gasteiger partial charge in [-0.2, -0.15) is 0 Å². The molecular formula is C14H16N2O3S. The maximum Gasteiger partial charge on any atom is 0.270 e. The van der Waals surface area contributed by atoms with Crippen molar-refractivity contribution >= 4 is 17.2 Å². The van der Waals surface area contributed by atoms with Crippen molar-refractivity contribution in [2.75, 3.05) is 13.7 Å². The number of benzene rings is 1. The summed E-state index contributed by atoms with van der Waals surface area (Å²) < 4.78 is 5.10. The largest absolute Gasteiger partial charge is 0.497 e. The molecule has 5 nitrogen and oxygen atoms in total. The summed E-state index contributed by atoms with van der Waals surface area (Å²) in [6.07, 6.45) is -0.571. The van der Waals surface area contributed by atoms with Crippen molar-refractivity contribution < 1.29 is 14.6 Å². The Morgan fingerprint density at radius 2 is 2.15 bits per heavy atom. The van der Waals surface area contributed by atoms with E-state index in [1.165, 1.54) is 11.3 Å². The third kappa shape index (κ3) is 3.55. The van der Waals surface area contributed by atoms with Crippen LogP contribution >= 0.6 is 11.3 Å². The number of rotatable bonds is 5. The van der Waals surface area contributed by atoms with Gasteiger partial charge in [-0.3, -0.25) is 4.79 Å². The number of hydrogen-bond acceptors (Lipinski definition) is 5. The van der Waals surface area contributed by atoms with Crippen LogP contribution in [0, 0.1) is 0 Å². The molecule has 2 rings (SSSR count). The van der Waals surface area contributed by atoms with Gasteiger partial charge in [-0.1, -0.05) is 0 Å². The van der Waals surface area contributed by atoms with Gasteiger partial charge in [-0.05, 0) is 31.2 Å². The number of aliphatic hydroxyl groups is 1. The van der Waals surface area contributed by atoms with Gasteiger partial charge in [-0.15, -0.1) is 11.3 Å². The zero-order valence-corrected chi connectivity index (χ0v) is 12.1. The topological polar surface area (TPSA) is 71.5 Å². The van der Waals surface area contributed by atoms with Gasteiger partial charge in [0.05, 0.1) is 13.2 Å². The van der Waals surface area contributed by atoms with Crippen molar-refractivity contribution in [1.82, 2.24) is 10.3 Å². The molecule has 1 amide bonds. The molecule has 6 heteroatoms. The van der Waals surface area contributed by atoms with E-state index in [2.05, 4.69) is 10.3 Å². The molecule has 0 aliphatic rings. The first-order valence-corrected chi connectivity index (χ1v) is 7.04. The fourth-order valence-corrected chi connectivity index (χ4v) is 2.38. The summed E-state index contributed by atoms with van der Waals surface area (Å²) in [7, 11) is 1.61. The zero-order chi connectivity index (χ0) is 14.5. The number of hydrogen-bond donors (Lipinski definition) is 2. The van der Waals surface area contributed by atoms with Gasteiger partial charge in [0, 0.05) is 17.5 Å². The SMILES string of the molecule is COc1ccc(-c2nc(C(=O)NCC(C)O)cs2)cc1. The van der Waals surface area contributed by atoms with Crippen LogP contribution in [0.5, 0.6) is 5.75 Å². The molecule has 1 atom stereocenters. The van der Waals surface area contributed by atoms with E-state index in [0.717, 1.165) is 16.3 Å². The first-order chi connectivity index (χ1) is 9.60. The average molecular weight is 292 g/mol. The van der Waals surface area contributed by atoms with Crippen molar-refractivity contribution in [2.24, 2.45) is 0 Å². The molecule has 1 aromatic heterocycles. The van der Waals surface area contributed by atoms with E-state index >= 15 is 0 Å². The molecule has 1 aromatic carbocycles. The summed E-state index contributed by atoms with van der Waals surface area (Å²) in [6.45, 7) is 1.83. The Morgan fingerprint density at radius 1 is 1.45 bits per heavy atom. The number of ether oxygens (including phenoxy) is 1. The molecule has 20 heavy (non-hydrogen) atoms. The highest BCUT2D eigenvalue weighted by atomic mass is 32.1. The molecule has 2 aromatic rings. The van der Waals surface area contributed by atoms with Gasteiger partial charge in [0.15, 0.2) is 0 Å². The Labute approximate surface area is 121 Å². The highest BCUT2D eigenvalue weighted by molar-refractivity contribution is 7.13. The quantitative estimate of drug-likeness (QED) is 0.883. The van der Waals surface area contributed by atoms with Crippen molar-refractivity contribution in [3.05, 3.63) is 35.3 Å². The average Bonchev–Trinajstić information content (AvgIpc) is 2.94. The van der Waals surface area contributed by atoms with Gasteiger partial charge in [-0.25, -0.2) is 4.98 Å². The summed E-state index contributed by atoms with van der Waals surface area (Å²) in [4.78, 5) is 16.1. The second kappa shape index (κ2) is 6.49. The number of carbonyl (C=O) groups excluding carboxylic acids is 1. The third-order valence-electron chi connectivity index (χ3n) is 2.63. The maximum absolute atomic E-state index is 11.8. The fraction of sp³-hybridized carbons (Fsp3) is 0.286. The van der Waals surface area contributed by atoms with E-state index in [0.29, 0.717) is 5.69 Å². The molecule has 0 bridgehead atoms. The van der Waals surface area contributed by atoms with Gasteiger partial charge in [0.25, 0.3) is 5.91 Å². The highest BCUT2D eigenvalue weighted by Crippen LogP contribution is 2.25. The molecule has 0 fully saturated rings. The number of thiazole rings is 1. The van der Waals surface area contributed by atoms with Gasteiger partial charge < -0.3 is 15.2 Å². The zero-order valence-electron chi connectivity index (χ0n) is 11.3. The lowest BCUT2D eigenvalue weighted by Crippen LogP contribution is -2.30. The van der Waals surface area contributed by atoms with Gasteiger partial charge >= 0.3 is 0 Å². The molecule has 0 aliphatic carbocycles. The maximum atomic E-state index is 11.8. The van der Waals surface area contributed by atoms with Gasteiger partial charge in [0.2, 0.25) is 0 Å². The second-order valence-corrected chi connectivity index (χ2v) is 5.18. The number of amides is 1. The Hall–Kier alpha value is -1.92. The third-order valence-corrected chi connectivity index (χ3v) is 3.52. The van der Waals surface area contributed by atoms with Crippen LogP contribution in [0.25, 0.3) is 10.6 Å². The molecule has 1 unspecified atom stereocenters. The lowest BCUT2D eigenvalue weighted by Gasteiger charge is -2.04. The van der Waals surface area contributed by atoms with E-state index in [-0.39, 0.29) is 12.5 Å². The van der Waals surface area contributed by atoms with Crippen LogP contribution in [0.4, 0.5) is 0 Å². The van der Waals surface area contributed by atoms with E-state index in [1.54, 1.807) is 19.4 Å². The Bertz CT molecular complexity index is 578. The minimum Gasteiger partial charge on any atom is -0.497 e. The Kier molecular flexibility index (Phi) is 4.70. The van der Waals surface area contributed by atoms with E-state index < -0.39 is 6.10 Å². The highest BCUT2D eigenvalue weighted by Gasteiger charge is 2.12. The first-order valence-electron chi connectivity index (χ1n) is 6.16. The van der Waals surface area contributed by atoms with Gasteiger partial charge in [0.1, 0.15) is 16.5 Å². The Balaban J connectivity index is 2.09. The van der Waals surface area contributed by atoms with Crippen LogP contribution in [0.3, 0.4) is 0 Å². The molecule has 0 saturated heterocycles. The predicted molar refractivity (Wildman–Crippen MR) is 78.1 cm³/mol. The van der Waals surface area contributed by atoms with Crippen LogP contribution in [0.2, 0.25) is 0 Å². The monoisotopic (exact) mass is 292 g/mol. The van der Waals surface area contributed by atoms with Crippen molar-refractivity contribution in [3.8, 4) is 16.3 Å². The smallest absolute Gasteiger partial charge is 0.270 e. The summed E-state index contributed by atoms with van der Waals surface area (Å²) in [5.41, 5.74) is 1.30. The lowest BCUT2D eigenvalue weighted by atomic mass is 10.2. The minimum atomic E-state index is -0.571. The lowest BCUT2D eigenvalue weighted by molar-refractivity contribution is 0.0920. The number of methoxy groups -OCH3 is 1. The number of nitrogens with one attached hydrogen (secondary N) is 1. The first kappa shape index (κ1) is 14.5. The molecule has 0 spiro atoms. The number of carbonyl (C=O) groups is 1. The van der Waals surface area contributed by atoms with Crippen LogP contribution in [0.1, 0.15) is 17.4 Å². The fourth-order valence-electron chi connectivity index (χ4n) is 1.58. The summed E-state index contributed by atoms with van der Waals surface area (Å²) in [5.74, 6) is 0.502. The predicted octanol–water partition coefficient (Wildman–Crippen LogP) is 1.93. The van der Waals surface area contributed by atoms with E-state index in [1.807, 2.05) is 24.3 Å². The van der Waals surface area contributed by atoms with Crippen molar-refractivity contribution in [2.45, 2.75) is 13.0 Å². The number of aliphatic hydroxyl groups excluding tert-OH is 1. The summed E-state index contributed by atoms with van der Waals surface area (Å²) in [5, 5.41) is 14.2. The van der Waals surface area contributed by atoms with Crippen LogP contribution in [-0.2, 0) is 0 Å². The van der Waals surface area contributed by atoms with Crippen molar-refractivity contribution in [1.29, 1.82) is 0 Å². The summed E-state index contributed by atoms with van der Waals surface area (Å²) >= 11 is 1.40. The van der Waals surface area contributed by atoms with Crippen molar-refractivity contribution in [3.63, 3.8) is 0 Å². The minimum absolute atomic E-state index is 0.216. The number of aromatic nitrogens is 1. The molecule has 0 saturated carbocycles. The van der Waals surface area contributed by atoms with Crippen LogP contribution < -0.4 is 10.1 Å². The molecule has 1 heterocycles. The molecule has 0 radical (unpaired) electrons. The van der Waals surface area contributed by atoms with E-state index in [9.17, 15) is 4.79 Å². The number of nitrogens with zero attached hydrogens (tertiary/aromatic N) is 1. The summed E-state index contributed by atoms with van der Waals surface area (Å²) in [6, 6.07) is 7.50. The standard InChI is InChI=1S/C14H16N2O3S/c1-9(17)7-15-13(18)12-8-20-14(16-12)10-3-5-11(19-2)6-4-10/h3-6,8-9,17H,7H2,1-2H3,(H,15,18). The normalized spacial score (nSPS) is 11.9. The van der Waals surface area contributed by atoms with Crippen LogP contribution in [-0.4, -0.2) is 35.8 Å². The Morgan fingerprint density at radius 3 is 2.75 bits per heavy atom. The molecule has 2 N–H and O–H groups in total.